The van der Waals surface area contributed by atoms with Gasteiger partial charge in [-0.05, 0) is 26.0 Å². The molecule has 0 N–H and O–H groups in total. The fraction of sp³-hybridized carbons (Fsp3) is 0.308. The lowest BCUT2D eigenvalue weighted by atomic mass is 10.2. The van der Waals surface area contributed by atoms with Crippen molar-refractivity contribution in [2.45, 2.75) is 20.3 Å². The normalized spacial score (nSPS) is 10.4. The van der Waals surface area contributed by atoms with Crippen molar-refractivity contribution in [3.05, 3.63) is 47.3 Å². The molecule has 0 unspecified atom stereocenters. The summed E-state index contributed by atoms with van der Waals surface area (Å²) in [6.07, 6.45) is 0.769. The molecule has 1 aromatic heterocycles. The van der Waals surface area contributed by atoms with Gasteiger partial charge in [0.25, 0.3) is 0 Å². The summed E-state index contributed by atoms with van der Waals surface area (Å²) in [5.41, 5.74) is 2.17. The molecule has 2 aromatic rings. The molecule has 0 aliphatic heterocycles. The van der Waals surface area contributed by atoms with Gasteiger partial charge in [-0.3, -0.25) is 0 Å². The van der Waals surface area contributed by atoms with Crippen molar-refractivity contribution in [2.24, 2.45) is 0 Å². The fourth-order valence-corrected chi connectivity index (χ4v) is 1.44. The number of benzene rings is 1. The molecule has 0 aliphatic rings. The summed E-state index contributed by atoms with van der Waals surface area (Å²) in [5, 5.41) is 3.91. The Hall–Kier alpha value is -1.77. The molecule has 1 heterocycles. The SMILES string of the molecule is Cc1ccc(OCCc2cc(C)on2)cc1. The van der Waals surface area contributed by atoms with E-state index in [1.54, 1.807) is 0 Å². The highest BCUT2D eigenvalue weighted by Crippen LogP contribution is 2.12. The van der Waals surface area contributed by atoms with E-state index in [2.05, 4.69) is 12.1 Å². The molecule has 0 aliphatic carbocycles. The number of aromatic nitrogens is 1. The van der Waals surface area contributed by atoms with Gasteiger partial charge in [0.15, 0.2) is 0 Å². The molecule has 0 saturated carbocycles. The first-order valence-corrected chi connectivity index (χ1v) is 5.36. The number of hydrogen-bond donors (Lipinski definition) is 0. The predicted molar refractivity (Wildman–Crippen MR) is 61.6 cm³/mol. The third kappa shape index (κ3) is 2.86. The molecule has 0 atom stereocenters. The van der Waals surface area contributed by atoms with Crippen LogP contribution in [0, 0.1) is 13.8 Å². The van der Waals surface area contributed by atoms with Gasteiger partial charge in [0.05, 0.1) is 12.3 Å². The lowest BCUT2D eigenvalue weighted by molar-refractivity contribution is 0.314. The van der Waals surface area contributed by atoms with Gasteiger partial charge in [-0.25, -0.2) is 0 Å². The molecule has 0 spiro atoms. The van der Waals surface area contributed by atoms with E-state index < -0.39 is 0 Å². The minimum atomic E-state index is 0.620. The quantitative estimate of drug-likeness (QED) is 0.789. The molecule has 2 rings (SSSR count). The van der Waals surface area contributed by atoms with E-state index >= 15 is 0 Å². The van der Waals surface area contributed by atoms with Crippen molar-refractivity contribution in [2.75, 3.05) is 6.61 Å². The third-order valence-corrected chi connectivity index (χ3v) is 2.32. The molecule has 0 bridgehead atoms. The molecule has 0 fully saturated rings. The molecule has 0 radical (unpaired) electrons. The minimum absolute atomic E-state index is 0.620. The summed E-state index contributed by atoms with van der Waals surface area (Å²) in [5.74, 6) is 1.73. The molecule has 1 aromatic carbocycles. The Labute approximate surface area is 95.0 Å². The zero-order valence-electron chi connectivity index (χ0n) is 9.56. The second kappa shape index (κ2) is 4.84. The first kappa shape index (κ1) is 10.7. The van der Waals surface area contributed by atoms with Crippen LogP contribution >= 0.6 is 0 Å². The van der Waals surface area contributed by atoms with Crippen LogP contribution in [0.4, 0.5) is 0 Å². The van der Waals surface area contributed by atoms with Crippen LogP contribution < -0.4 is 4.74 Å². The standard InChI is InChI=1S/C13H15NO2/c1-10-3-5-13(6-4-10)15-8-7-12-9-11(2)16-14-12/h3-6,9H,7-8H2,1-2H3. The third-order valence-electron chi connectivity index (χ3n) is 2.32. The van der Waals surface area contributed by atoms with Gasteiger partial charge in [0.1, 0.15) is 11.5 Å². The van der Waals surface area contributed by atoms with Crippen molar-refractivity contribution in [3.8, 4) is 5.75 Å². The Morgan fingerprint density at radius 3 is 2.56 bits per heavy atom. The van der Waals surface area contributed by atoms with E-state index in [-0.39, 0.29) is 0 Å². The summed E-state index contributed by atoms with van der Waals surface area (Å²) in [7, 11) is 0. The van der Waals surface area contributed by atoms with Crippen LogP contribution in [0.25, 0.3) is 0 Å². The molecule has 0 saturated heterocycles. The van der Waals surface area contributed by atoms with Crippen LogP contribution in [0.5, 0.6) is 5.75 Å². The summed E-state index contributed by atoms with van der Waals surface area (Å²) in [4.78, 5) is 0. The van der Waals surface area contributed by atoms with Crippen LogP contribution in [-0.2, 0) is 6.42 Å². The number of hydrogen-bond acceptors (Lipinski definition) is 3. The van der Waals surface area contributed by atoms with Crippen LogP contribution in [0.3, 0.4) is 0 Å². The second-order valence-electron chi connectivity index (χ2n) is 3.84. The lowest BCUT2D eigenvalue weighted by Crippen LogP contribution is -2.01. The van der Waals surface area contributed by atoms with Crippen LogP contribution in [-0.4, -0.2) is 11.8 Å². The topological polar surface area (TPSA) is 35.3 Å². The average molecular weight is 217 g/mol. The molecule has 84 valence electrons. The van der Waals surface area contributed by atoms with Gasteiger partial charge in [-0.2, -0.15) is 0 Å². The number of nitrogens with zero attached hydrogens (tertiary/aromatic N) is 1. The Balaban J connectivity index is 1.82. The second-order valence-corrected chi connectivity index (χ2v) is 3.84. The highest BCUT2D eigenvalue weighted by atomic mass is 16.5. The highest BCUT2D eigenvalue weighted by Gasteiger charge is 2.00. The smallest absolute Gasteiger partial charge is 0.133 e. The van der Waals surface area contributed by atoms with Crippen LogP contribution in [0.1, 0.15) is 17.0 Å². The zero-order valence-corrected chi connectivity index (χ0v) is 9.56. The largest absolute Gasteiger partial charge is 0.493 e. The van der Waals surface area contributed by atoms with Crippen molar-refractivity contribution in [3.63, 3.8) is 0 Å². The van der Waals surface area contributed by atoms with Gasteiger partial charge in [0, 0.05) is 12.5 Å². The summed E-state index contributed by atoms with van der Waals surface area (Å²) < 4.78 is 10.6. The number of rotatable bonds is 4. The van der Waals surface area contributed by atoms with Gasteiger partial charge in [0.2, 0.25) is 0 Å². The zero-order chi connectivity index (χ0) is 11.4. The van der Waals surface area contributed by atoms with Crippen molar-refractivity contribution < 1.29 is 9.26 Å². The van der Waals surface area contributed by atoms with Gasteiger partial charge in [-0.15, -0.1) is 0 Å². The Morgan fingerprint density at radius 1 is 1.19 bits per heavy atom. The maximum absolute atomic E-state index is 5.59. The lowest BCUT2D eigenvalue weighted by Gasteiger charge is -2.04. The summed E-state index contributed by atoms with van der Waals surface area (Å²) in [6.45, 7) is 4.56. The average Bonchev–Trinajstić information content (AvgIpc) is 2.67. The Kier molecular flexibility index (Phi) is 3.25. The first-order chi connectivity index (χ1) is 7.74. The predicted octanol–water partition coefficient (Wildman–Crippen LogP) is 2.91. The molecule has 16 heavy (non-hydrogen) atoms. The van der Waals surface area contributed by atoms with Gasteiger partial charge in [-0.1, -0.05) is 22.9 Å². The minimum Gasteiger partial charge on any atom is -0.493 e. The maximum atomic E-state index is 5.59. The molecule has 3 heteroatoms. The van der Waals surface area contributed by atoms with E-state index in [0.717, 1.165) is 23.6 Å². The van der Waals surface area contributed by atoms with E-state index in [4.69, 9.17) is 9.26 Å². The number of aryl methyl sites for hydroxylation is 2. The number of ether oxygens (including phenoxy) is 1. The summed E-state index contributed by atoms with van der Waals surface area (Å²) in [6, 6.07) is 9.95. The van der Waals surface area contributed by atoms with E-state index in [9.17, 15) is 0 Å². The maximum Gasteiger partial charge on any atom is 0.133 e. The monoisotopic (exact) mass is 217 g/mol. The Morgan fingerprint density at radius 2 is 1.94 bits per heavy atom. The van der Waals surface area contributed by atoms with Crippen LogP contribution in [0.15, 0.2) is 34.9 Å². The highest BCUT2D eigenvalue weighted by molar-refractivity contribution is 5.26. The molecule has 3 nitrogen and oxygen atoms in total. The fourth-order valence-electron chi connectivity index (χ4n) is 1.44. The van der Waals surface area contributed by atoms with Gasteiger partial charge >= 0.3 is 0 Å². The molecular formula is C13H15NO2. The summed E-state index contributed by atoms with van der Waals surface area (Å²) >= 11 is 0. The van der Waals surface area contributed by atoms with E-state index in [1.807, 2.05) is 37.3 Å². The molecule has 0 amide bonds. The van der Waals surface area contributed by atoms with Gasteiger partial charge < -0.3 is 9.26 Å². The van der Waals surface area contributed by atoms with Crippen molar-refractivity contribution >= 4 is 0 Å². The first-order valence-electron chi connectivity index (χ1n) is 5.36. The van der Waals surface area contributed by atoms with Crippen molar-refractivity contribution in [1.29, 1.82) is 0 Å². The van der Waals surface area contributed by atoms with E-state index in [1.165, 1.54) is 5.56 Å². The van der Waals surface area contributed by atoms with Crippen molar-refractivity contribution in [1.82, 2.24) is 5.16 Å². The Bertz CT molecular complexity index is 445. The van der Waals surface area contributed by atoms with E-state index in [0.29, 0.717) is 6.61 Å². The van der Waals surface area contributed by atoms with Crippen LogP contribution in [0.2, 0.25) is 0 Å². The molecular weight excluding hydrogens is 202 g/mol.